The largest absolute Gasteiger partial charge is 0.497 e. The van der Waals surface area contributed by atoms with Crippen molar-refractivity contribution in [2.45, 2.75) is 38.8 Å². The van der Waals surface area contributed by atoms with Crippen LogP contribution in [0.25, 0.3) is 0 Å². The third-order valence-corrected chi connectivity index (χ3v) is 6.85. The fourth-order valence-electron chi connectivity index (χ4n) is 4.59. The molecule has 2 aromatic rings. The predicted octanol–water partition coefficient (Wildman–Crippen LogP) is 4.54. The lowest BCUT2D eigenvalue weighted by Gasteiger charge is -2.39. The number of carbonyl (C=O) groups excluding carboxylic acids is 1. The number of benzene rings is 2. The molecule has 1 N–H and O–H groups in total. The van der Waals surface area contributed by atoms with Crippen molar-refractivity contribution >= 4 is 27.5 Å². The third-order valence-electron chi connectivity index (χ3n) is 6.40. The highest BCUT2D eigenvalue weighted by atomic mass is 79.9. The van der Waals surface area contributed by atoms with Gasteiger partial charge in [-0.25, -0.2) is 0 Å². The number of ether oxygens (including phenoxy) is 1. The van der Waals surface area contributed by atoms with Gasteiger partial charge in [-0.1, -0.05) is 22.0 Å². The number of carbonyl (C=O) groups is 1. The van der Waals surface area contributed by atoms with Crippen molar-refractivity contribution in [3.05, 3.63) is 57.6 Å². The van der Waals surface area contributed by atoms with Crippen LogP contribution in [-0.2, 0) is 0 Å². The number of piperazine rings is 1. The molecule has 2 saturated heterocycles. The first-order valence-corrected chi connectivity index (χ1v) is 11.5. The van der Waals surface area contributed by atoms with E-state index in [2.05, 4.69) is 49.2 Å². The molecule has 1 amide bonds. The Labute approximate surface area is 187 Å². The second-order valence-electron chi connectivity index (χ2n) is 8.40. The smallest absolute Gasteiger partial charge is 0.252 e. The number of nitrogens with one attached hydrogen (secondary N) is 1. The van der Waals surface area contributed by atoms with Gasteiger partial charge in [-0.3, -0.25) is 9.69 Å². The molecule has 2 heterocycles. The van der Waals surface area contributed by atoms with E-state index in [-0.39, 0.29) is 11.9 Å². The molecule has 2 aromatic carbocycles. The lowest BCUT2D eigenvalue weighted by atomic mass is 10.0. The van der Waals surface area contributed by atoms with Crippen LogP contribution < -0.4 is 15.0 Å². The molecule has 2 aliphatic heterocycles. The second kappa shape index (κ2) is 8.98. The van der Waals surface area contributed by atoms with Crippen LogP contribution in [0, 0.1) is 6.92 Å². The van der Waals surface area contributed by atoms with Crippen LogP contribution in [0.2, 0.25) is 0 Å². The van der Waals surface area contributed by atoms with Crippen LogP contribution in [0.4, 0.5) is 5.69 Å². The SMILES string of the molecule is COc1cc(Br)cc([C@@H](C)NC(=O)c2cc(N3CCN4CCCC4C3)ccc2C)c1. The molecule has 2 atom stereocenters. The van der Waals surface area contributed by atoms with Crippen molar-refractivity contribution in [1.29, 1.82) is 0 Å². The van der Waals surface area contributed by atoms with Crippen LogP contribution >= 0.6 is 15.9 Å². The number of halogens is 1. The molecule has 4 rings (SSSR count). The van der Waals surface area contributed by atoms with Crippen molar-refractivity contribution in [2.75, 3.05) is 38.2 Å². The van der Waals surface area contributed by atoms with E-state index in [4.69, 9.17) is 4.74 Å². The van der Waals surface area contributed by atoms with Gasteiger partial charge in [0.25, 0.3) is 5.91 Å². The third kappa shape index (κ3) is 4.49. The molecule has 0 saturated carbocycles. The Morgan fingerprint density at radius 1 is 1.20 bits per heavy atom. The van der Waals surface area contributed by atoms with Crippen molar-refractivity contribution < 1.29 is 9.53 Å². The van der Waals surface area contributed by atoms with E-state index < -0.39 is 0 Å². The molecular formula is C24H30BrN3O2. The summed E-state index contributed by atoms with van der Waals surface area (Å²) in [5, 5.41) is 3.16. The first-order chi connectivity index (χ1) is 14.4. The maximum atomic E-state index is 13.1. The van der Waals surface area contributed by atoms with Crippen LogP contribution in [0.1, 0.15) is 47.3 Å². The van der Waals surface area contributed by atoms with Gasteiger partial charge in [-0.15, -0.1) is 0 Å². The van der Waals surface area contributed by atoms with Crippen molar-refractivity contribution in [3.63, 3.8) is 0 Å². The van der Waals surface area contributed by atoms with Crippen LogP contribution in [0.3, 0.4) is 0 Å². The van der Waals surface area contributed by atoms with E-state index in [1.54, 1.807) is 7.11 Å². The Kier molecular flexibility index (Phi) is 6.34. The summed E-state index contributed by atoms with van der Waals surface area (Å²) in [5.74, 6) is 0.727. The summed E-state index contributed by atoms with van der Waals surface area (Å²) in [6.45, 7) is 8.42. The van der Waals surface area contributed by atoms with E-state index in [1.807, 2.05) is 32.0 Å². The number of nitrogens with zero attached hydrogens (tertiary/aromatic N) is 2. The zero-order chi connectivity index (χ0) is 21.3. The topological polar surface area (TPSA) is 44.8 Å². The average Bonchev–Trinajstić information content (AvgIpc) is 3.21. The highest BCUT2D eigenvalue weighted by Crippen LogP contribution is 2.28. The predicted molar refractivity (Wildman–Crippen MR) is 125 cm³/mol. The van der Waals surface area contributed by atoms with Gasteiger partial charge < -0.3 is 15.0 Å². The summed E-state index contributed by atoms with van der Waals surface area (Å²) < 4.78 is 6.29. The van der Waals surface area contributed by atoms with Gasteiger partial charge in [0, 0.05) is 41.4 Å². The van der Waals surface area contributed by atoms with Gasteiger partial charge in [-0.05, 0) is 74.7 Å². The first kappa shape index (κ1) is 21.2. The van der Waals surface area contributed by atoms with Crippen LogP contribution in [0.5, 0.6) is 5.75 Å². The van der Waals surface area contributed by atoms with E-state index in [0.717, 1.165) is 52.2 Å². The Bertz CT molecular complexity index is 933. The Morgan fingerprint density at radius 3 is 2.83 bits per heavy atom. The summed E-state index contributed by atoms with van der Waals surface area (Å²) >= 11 is 3.52. The first-order valence-electron chi connectivity index (χ1n) is 10.7. The fraction of sp³-hybridized carbons (Fsp3) is 0.458. The molecule has 5 nitrogen and oxygen atoms in total. The molecule has 0 aliphatic carbocycles. The molecule has 6 heteroatoms. The monoisotopic (exact) mass is 471 g/mol. The molecule has 0 bridgehead atoms. The number of fused-ring (bicyclic) bond motifs is 1. The summed E-state index contributed by atoms with van der Waals surface area (Å²) in [4.78, 5) is 18.2. The summed E-state index contributed by atoms with van der Waals surface area (Å²) in [7, 11) is 1.65. The minimum atomic E-state index is -0.131. The Balaban J connectivity index is 1.50. The van der Waals surface area contributed by atoms with Gasteiger partial charge in [0.2, 0.25) is 0 Å². The second-order valence-corrected chi connectivity index (χ2v) is 9.31. The highest BCUT2D eigenvalue weighted by molar-refractivity contribution is 9.10. The Hall–Kier alpha value is -2.05. The van der Waals surface area contributed by atoms with E-state index in [0.29, 0.717) is 6.04 Å². The van der Waals surface area contributed by atoms with Gasteiger partial charge in [0.05, 0.1) is 13.2 Å². The summed E-state index contributed by atoms with van der Waals surface area (Å²) in [6, 6.07) is 12.7. The molecule has 1 unspecified atom stereocenters. The van der Waals surface area contributed by atoms with Crippen LogP contribution in [0.15, 0.2) is 40.9 Å². The number of rotatable bonds is 5. The molecule has 0 aromatic heterocycles. The standard InChI is InChI=1S/C24H30BrN3O2/c1-16-6-7-20(28-10-9-27-8-4-5-21(27)15-28)14-23(16)24(29)26-17(2)18-11-19(25)13-22(12-18)30-3/h6-7,11-14,17,21H,4-5,8-10,15H2,1-3H3,(H,26,29)/t17-,21?/m1/s1. The highest BCUT2D eigenvalue weighted by Gasteiger charge is 2.30. The molecule has 0 radical (unpaired) electrons. The summed E-state index contributed by atoms with van der Waals surface area (Å²) in [6.07, 6.45) is 2.58. The lowest BCUT2D eigenvalue weighted by Crippen LogP contribution is -2.50. The number of aryl methyl sites for hydroxylation is 1. The van der Waals surface area contributed by atoms with Crippen molar-refractivity contribution in [2.24, 2.45) is 0 Å². The zero-order valence-corrected chi connectivity index (χ0v) is 19.5. The van der Waals surface area contributed by atoms with Crippen LogP contribution in [-0.4, -0.2) is 50.1 Å². The number of anilines is 1. The molecule has 0 spiro atoms. The number of hydrogen-bond donors (Lipinski definition) is 1. The number of hydrogen-bond acceptors (Lipinski definition) is 4. The van der Waals surface area contributed by atoms with Crippen molar-refractivity contribution in [1.82, 2.24) is 10.2 Å². The Morgan fingerprint density at radius 2 is 2.03 bits per heavy atom. The number of amides is 1. The van der Waals surface area contributed by atoms with Gasteiger partial charge in [-0.2, -0.15) is 0 Å². The van der Waals surface area contributed by atoms with E-state index in [1.165, 1.54) is 19.4 Å². The minimum Gasteiger partial charge on any atom is -0.497 e. The normalized spacial score (nSPS) is 20.0. The lowest BCUT2D eigenvalue weighted by molar-refractivity contribution is 0.0939. The van der Waals surface area contributed by atoms with E-state index in [9.17, 15) is 4.79 Å². The molecule has 30 heavy (non-hydrogen) atoms. The van der Waals surface area contributed by atoms with Gasteiger partial charge in [0.15, 0.2) is 0 Å². The summed E-state index contributed by atoms with van der Waals surface area (Å²) in [5.41, 5.74) is 3.89. The molecular weight excluding hydrogens is 442 g/mol. The maximum absolute atomic E-state index is 13.1. The number of methoxy groups -OCH3 is 1. The van der Waals surface area contributed by atoms with Crippen molar-refractivity contribution in [3.8, 4) is 5.75 Å². The minimum absolute atomic E-state index is 0.0414. The van der Waals surface area contributed by atoms with Gasteiger partial charge >= 0.3 is 0 Å². The zero-order valence-electron chi connectivity index (χ0n) is 18.0. The molecule has 2 fully saturated rings. The van der Waals surface area contributed by atoms with E-state index >= 15 is 0 Å². The molecule has 160 valence electrons. The fourth-order valence-corrected chi connectivity index (χ4v) is 5.08. The average molecular weight is 472 g/mol. The van der Waals surface area contributed by atoms with Gasteiger partial charge in [0.1, 0.15) is 5.75 Å². The maximum Gasteiger partial charge on any atom is 0.252 e. The quantitative estimate of drug-likeness (QED) is 0.694. The molecule has 2 aliphatic rings.